The molecule has 0 radical (unpaired) electrons. The van der Waals surface area contributed by atoms with Crippen molar-refractivity contribution in [2.24, 2.45) is 4.99 Å². The second kappa shape index (κ2) is 9.73. The summed E-state index contributed by atoms with van der Waals surface area (Å²) < 4.78 is 54.7. The third-order valence-corrected chi connectivity index (χ3v) is 9.19. The molecule has 0 atom stereocenters. The average Bonchev–Trinajstić information content (AvgIpc) is 3.10. The summed E-state index contributed by atoms with van der Waals surface area (Å²) in [6.07, 6.45) is 2.30. The summed E-state index contributed by atoms with van der Waals surface area (Å²) >= 11 is 2.83. The number of aromatic amines is 1. The van der Waals surface area contributed by atoms with Gasteiger partial charge in [0.1, 0.15) is 4.90 Å². The maximum atomic E-state index is 12.6. The van der Waals surface area contributed by atoms with Crippen molar-refractivity contribution in [3.8, 4) is 0 Å². The number of aromatic nitrogens is 2. The number of nitrogens with one attached hydrogen (secondary N) is 3. The number of fused-ring (bicyclic) bond motifs is 1. The van der Waals surface area contributed by atoms with Gasteiger partial charge in [-0.25, -0.2) is 26.5 Å². The van der Waals surface area contributed by atoms with E-state index in [0.29, 0.717) is 23.6 Å². The largest absolute Gasteiger partial charge is 0.348 e. The first-order valence-electron chi connectivity index (χ1n) is 9.18. The van der Waals surface area contributed by atoms with Crippen LogP contribution in [0.4, 0.5) is 0 Å². The number of H-pyrrole nitrogens is 1. The lowest BCUT2D eigenvalue weighted by molar-refractivity contribution is 0.580. The van der Waals surface area contributed by atoms with Gasteiger partial charge in [0, 0.05) is 28.6 Å². The van der Waals surface area contributed by atoms with E-state index in [1.165, 1.54) is 30.0 Å². The Hall–Kier alpha value is -1.54. The number of rotatable bonds is 9. The smallest absolute Gasteiger partial charge is 0.264 e. The lowest BCUT2D eigenvalue weighted by atomic mass is 10.4. The summed E-state index contributed by atoms with van der Waals surface area (Å²) in [7, 11) is -7.65. The zero-order chi connectivity index (χ0) is 21.8. The molecule has 1 aliphatic rings. The Bertz CT molecular complexity index is 1140. The first-order chi connectivity index (χ1) is 14.2. The SMILES string of the molecule is CCCNS(=O)(=O)c1ccc2c(c1)S(=O)(=O)NC(=NCCSCc1nc[nH]c1C)S2. The average molecular weight is 490 g/mol. The van der Waals surface area contributed by atoms with Crippen molar-refractivity contribution in [2.75, 3.05) is 18.8 Å². The zero-order valence-corrected chi connectivity index (χ0v) is 19.8. The van der Waals surface area contributed by atoms with E-state index in [-0.39, 0.29) is 21.5 Å². The van der Waals surface area contributed by atoms with Crippen LogP contribution >= 0.6 is 23.5 Å². The van der Waals surface area contributed by atoms with Gasteiger partial charge in [0.05, 0.1) is 23.5 Å². The minimum absolute atomic E-state index is 0.0609. The van der Waals surface area contributed by atoms with Gasteiger partial charge in [-0.1, -0.05) is 18.7 Å². The fraction of sp³-hybridized carbons (Fsp3) is 0.412. The number of hydrogen-bond acceptors (Lipinski definition) is 8. The maximum absolute atomic E-state index is 12.6. The fourth-order valence-electron chi connectivity index (χ4n) is 2.54. The zero-order valence-electron chi connectivity index (χ0n) is 16.5. The number of imidazole rings is 1. The van der Waals surface area contributed by atoms with Crippen molar-refractivity contribution >= 4 is 48.7 Å². The van der Waals surface area contributed by atoms with Crippen LogP contribution in [0.2, 0.25) is 0 Å². The molecule has 0 bridgehead atoms. The molecule has 1 aromatic carbocycles. The van der Waals surface area contributed by atoms with Crippen LogP contribution in [0.1, 0.15) is 24.7 Å². The summed E-state index contributed by atoms with van der Waals surface area (Å²) in [6.45, 7) is 4.54. The van der Waals surface area contributed by atoms with Crippen LogP contribution in [-0.4, -0.2) is 50.8 Å². The molecule has 0 fully saturated rings. The number of nitrogens with zero attached hydrogens (tertiary/aromatic N) is 2. The van der Waals surface area contributed by atoms with Gasteiger partial charge in [-0.3, -0.25) is 9.71 Å². The van der Waals surface area contributed by atoms with E-state index in [1.54, 1.807) is 18.1 Å². The van der Waals surface area contributed by atoms with Crippen LogP contribution in [-0.2, 0) is 25.8 Å². The summed E-state index contributed by atoms with van der Waals surface area (Å²) in [5.41, 5.74) is 2.03. The molecular formula is C17H23N5O4S4. The quantitative estimate of drug-likeness (QED) is 0.459. The molecule has 3 N–H and O–H groups in total. The molecule has 0 amide bonds. The van der Waals surface area contributed by atoms with Crippen molar-refractivity contribution in [2.45, 2.75) is 40.7 Å². The standard InChI is InChI=1S/C17H23N5O4S4/c1-3-6-21-29(23,24)13-4-5-15-16(9-13)30(25,26)22-17(28-15)18-7-8-27-10-14-12(2)19-11-20-14/h4-5,9,11,21H,3,6-8,10H2,1-2H3,(H,18,22)(H,19,20). The van der Waals surface area contributed by atoms with Gasteiger partial charge in [-0.2, -0.15) is 11.8 Å². The van der Waals surface area contributed by atoms with Gasteiger partial charge in [0.15, 0.2) is 5.17 Å². The third kappa shape index (κ3) is 5.58. The predicted octanol–water partition coefficient (Wildman–Crippen LogP) is 2.08. The molecule has 0 saturated heterocycles. The minimum atomic E-state index is -3.89. The Balaban J connectivity index is 1.66. The second-order valence-corrected chi connectivity index (χ2v) is 12.0. The number of sulfonamides is 2. The van der Waals surface area contributed by atoms with Crippen LogP contribution in [0.15, 0.2) is 44.2 Å². The Kier molecular flexibility index (Phi) is 7.50. The van der Waals surface area contributed by atoms with Crippen molar-refractivity contribution in [3.63, 3.8) is 0 Å². The van der Waals surface area contributed by atoms with Crippen LogP contribution < -0.4 is 9.44 Å². The molecule has 0 saturated carbocycles. The van der Waals surface area contributed by atoms with E-state index in [4.69, 9.17) is 0 Å². The maximum Gasteiger partial charge on any atom is 0.264 e. The molecular weight excluding hydrogens is 466 g/mol. The first kappa shape index (κ1) is 23.1. The predicted molar refractivity (Wildman–Crippen MR) is 120 cm³/mol. The Morgan fingerprint density at radius 3 is 2.83 bits per heavy atom. The molecule has 2 heterocycles. The highest BCUT2D eigenvalue weighted by Crippen LogP contribution is 2.33. The topological polar surface area (TPSA) is 133 Å². The minimum Gasteiger partial charge on any atom is -0.348 e. The molecule has 0 unspecified atom stereocenters. The van der Waals surface area contributed by atoms with Gasteiger partial charge < -0.3 is 4.98 Å². The molecule has 0 aliphatic carbocycles. The van der Waals surface area contributed by atoms with Crippen LogP contribution in [0.3, 0.4) is 0 Å². The first-order valence-corrected chi connectivity index (χ1v) is 14.1. The van der Waals surface area contributed by atoms with Gasteiger partial charge in [-0.15, -0.1) is 0 Å². The molecule has 1 aliphatic heterocycles. The highest BCUT2D eigenvalue weighted by molar-refractivity contribution is 8.16. The molecule has 3 rings (SSSR count). The summed E-state index contributed by atoms with van der Waals surface area (Å²) in [4.78, 5) is 11.9. The molecule has 2 aromatic rings. The molecule has 0 spiro atoms. The lowest BCUT2D eigenvalue weighted by Gasteiger charge is -2.20. The van der Waals surface area contributed by atoms with Gasteiger partial charge in [-0.05, 0) is 31.5 Å². The molecule has 13 heteroatoms. The number of aryl methyl sites for hydroxylation is 1. The highest BCUT2D eigenvalue weighted by atomic mass is 32.2. The van der Waals surface area contributed by atoms with Crippen molar-refractivity contribution in [1.82, 2.24) is 19.4 Å². The van der Waals surface area contributed by atoms with Gasteiger partial charge >= 0.3 is 0 Å². The van der Waals surface area contributed by atoms with Crippen molar-refractivity contribution in [3.05, 3.63) is 35.9 Å². The number of benzene rings is 1. The normalized spacial score (nSPS) is 16.9. The Morgan fingerprint density at radius 2 is 2.13 bits per heavy atom. The summed E-state index contributed by atoms with van der Waals surface area (Å²) in [5.74, 6) is 1.47. The van der Waals surface area contributed by atoms with E-state index in [0.717, 1.165) is 17.1 Å². The van der Waals surface area contributed by atoms with E-state index in [1.807, 2.05) is 13.8 Å². The second-order valence-electron chi connectivity index (χ2n) is 6.43. The van der Waals surface area contributed by atoms with E-state index >= 15 is 0 Å². The molecule has 164 valence electrons. The fourth-order valence-corrected chi connectivity index (χ4v) is 7.25. The monoisotopic (exact) mass is 489 g/mol. The Labute approximate surface area is 185 Å². The van der Waals surface area contributed by atoms with Crippen LogP contribution in [0, 0.1) is 6.92 Å². The molecule has 9 nitrogen and oxygen atoms in total. The van der Waals surface area contributed by atoms with Crippen molar-refractivity contribution in [1.29, 1.82) is 0 Å². The summed E-state index contributed by atoms with van der Waals surface area (Å²) in [5, 5.41) is 0.277. The van der Waals surface area contributed by atoms with E-state index < -0.39 is 20.0 Å². The van der Waals surface area contributed by atoms with E-state index in [2.05, 4.69) is 24.4 Å². The van der Waals surface area contributed by atoms with E-state index in [9.17, 15) is 16.8 Å². The number of thioether (sulfide) groups is 2. The lowest BCUT2D eigenvalue weighted by Crippen LogP contribution is -2.33. The number of hydrogen-bond donors (Lipinski definition) is 3. The van der Waals surface area contributed by atoms with Crippen LogP contribution in [0.5, 0.6) is 0 Å². The molecule has 30 heavy (non-hydrogen) atoms. The Morgan fingerprint density at radius 1 is 1.33 bits per heavy atom. The van der Waals surface area contributed by atoms with Crippen molar-refractivity contribution < 1.29 is 16.8 Å². The number of aliphatic imine (C=N–C) groups is 1. The van der Waals surface area contributed by atoms with Gasteiger partial charge in [0.25, 0.3) is 10.0 Å². The molecule has 1 aromatic heterocycles. The van der Waals surface area contributed by atoms with Gasteiger partial charge in [0.2, 0.25) is 10.0 Å². The summed E-state index contributed by atoms with van der Waals surface area (Å²) in [6, 6.07) is 4.09. The highest BCUT2D eigenvalue weighted by Gasteiger charge is 2.29. The third-order valence-electron chi connectivity index (χ3n) is 4.15. The number of amidine groups is 1. The van der Waals surface area contributed by atoms with Crippen LogP contribution in [0.25, 0.3) is 0 Å².